The Hall–Kier alpha value is -2.49. The number of para-hydroxylation sites is 1. The molecule has 0 unspecified atom stereocenters. The second kappa shape index (κ2) is 6.98. The van der Waals surface area contributed by atoms with Crippen molar-refractivity contribution in [3.05, 3.63) is 65.7 Å². The lowest BCUT2D eigenvalue weighted by atomic mass is 10.1. The number of nitrogens with zero attached hydrogens (tertiary/aromatic N) is 2. The van der Waals surface area contributed by atoms with E-state index in [-0.39, 0.29) is 0 Å². The summed E-state index contributed by atoms with van der Waals surface area (Å²) in [7, 11) is 2.06. The van der Waals surface area contributed by atoms with Gasteiger partial charge < -0.3 is 15.0 Å². The zero-order valence-electron chi connectivity index (χ0n) is 12.8. The summed E-state index contributed by atoms with van der Waals surface area (Å²) in [6.45, 7) is 3.27. The average Bonchev–Trinajstić information content (AvgIpc) is 2.98. The van der Waals surface area contributed by atoms with E-state index in [9.17, 15) is 0 Å². The molecular weight excluding hydrogens is 274 g/mol. The fraction of sp³-hybridized carbons (Fsp3) is 0.278. The van der Waals surface area contributed by atoms with E-state index in [1.807, 2.05) is 30.3 Å². The van der Waals surface area contributed by atoms with Gasteiger partial charge in [-0.3, -0.25) is 4.99 Å². The molecule has 1 aliphatic rings. The highest BCUT2D eigenvalue weighted by molar-refractivity contribution is 5.81. The summed E-state index contributed by atoms with van der Waals surface area (Å²) in [6, 6.07) is 18.4. The lowest BCUT2D eigenvalue weighted by Crippen LogP contribution is -2.35. The van der Waals surface area contributed by atoms with Crippen LogP contribution in [0.15, 0.2) is 59.6 Å². The Morgan fingerprint density at radius 2 is 1.77 bits per heavy atom. The minimum Gasteiger partial charge on any atom is -0.489 e. The maximum absolute atomic E-state index is 5.75. The van der Waals surface area contributed by atoms with Crippen LogP contribution >= 0.6 is 0 Å². The fourth-order valence-electron chi connectivity index (χ4n) is 2.34. The van der Waals surface area contributed by atoms with E-state index in [4.69, 9.17) is 4.74 Å². The Kier molecular flexibility index (Phi) is 4.59. The second-order valence-corrected chi connectivity index (χ2v) is 5.40. The number of benzene rings is 2. The third kappa shape index (κ3) is 3.79. The Labute approximate surface area is 131 Å². The minimum absolute atomic E-state index is 0.590. The maximum atomic E-state index is 5.75. The van der Waals surface area contributed by atoms with Crippen molar-refractivity contribution in [1.29, 1.82) is 0 Å². The SMILES string of the molecule is CN1CCN=C1NCc1ccc(COc2ccccc2)cc1. The summed E-state index contributed by atoms with van der Waals surface area (Å²) in [5.74, 6) is 1.88. The molecule has 0 aliphatic carbocycles. The molecule has 0 aromatic heterocycles. The Bertz CT molecular complexity index is 623. The van der Waals surface area contributed by atoms with Gasteiger partial charge >= 0.3 is 0 Å². The van der Waals surface area contributed by atoms with Crippen molar-refractivity contribution in [1.82, 2.24) is 10.2 Å². The van der Waals surface area contributed by atoms with Crippen molar-refractivity contribution < 1.29 is 4.74 Å². The number of likely N-dealkylation sites (N-methyl/N-ethyl adjacent to an activating group) is 1. The largest absolute Gasteiger partial charge is 0.489 e. The summed E-state index contributed by atoms with van der Waals surface area (Å²) >= 11 is 0. The first-order valence-corrected chi connectivity index (χ1v) is 7.56. The standard InChI is InChI=1S/C18H21N3O/c1-21-12-11-19-18(21)20-13-15-7-9-16(10-8-15)14-22-17-5-3-2-4-6-17/h2-10H,11-14H2,1H3,(H,19,20). The van der Waals surface area contributed by atoms with Gasteiger partial charge in [0.15, 0.2) is 5.96 Å². The van der Waals surface area contributed by atoms with Crippen molar-refractivity contribution in [3.8, 4) is 5.75 Å². The predicted molar refractivity (Wildman–Crippen MR) is 89.0 cm³/mol. The number of rotatable bonds is 5. The van der Waals surface area contributed by atoms with Crippen LogP contribution in [0.3, 0.4) is 0 Å². The molecule has 1 heterocycles. The quantitative estimate of drug-likeness (QED) is 0.921. The molecule has 114 valence electrons. The van der Waals surface area contributed by atoms with Crippen LogP contribution in [0, 0.1) is 0 Å². The number of hydrogen-bond donors (Lipinski definition) is 1. The van der Waals surface area contributed by atoms with Gasteiger partial charge in [0.2, 0.25) is 0 Å². The summed E-state index contributed by atoms with van der Waals surface area (Å²) < 4.78 is 5.75. The molecule has 2 aromatic rings. The van der Waals surface area contributed by atoms with Crippen LogP contribution in [0.25, 0.3) is 0 Å². The van der Waals surface area contributed by atoms with E-state index < -0.39 is 0 Å². The molecule has 22 heavy (non-hydrogen) atoms. The summed E-state index contributed by atoms with van der Waals surface area (Å²) in [5.41, 5.74) is 2.41. The van der Waals surface area contributed by atoms with Crippen LogP contribution in [-0.4, -0.2) is 31.0 Å². The summed E-state index contributed by atoms with van der Waals surface area (Å²) in [6.07, 6.45) is 0. The number of hydrogen-bond acceptors (Lipinski definition) is 4. The van der Waals surface area contributed by atoms with Crippen LogP contribution < -0.4 is 10.1 Å². The van der Waals surface area contributed by atoms with E-state index in [2.05, 4.69) is 46.5 Å². The van der Waals surface area contributed by atoms with Crippen LogP contribution in [0.4, 0.5) is 0 Å². The fourth-order valence-corrected chi connectivity index (χ4v) is 2.34. The number of aliphatic imine (C=N–C) groups is 1. The van der Waals surface area contributed by atoms with Crippen molar-refractivity contribution in [3.63, 3.8) is 0 Å². The van der Waals surface area contributed by atoms with Gasteiger partial charge in [-0.15, -0.1) is 0 Å². The van der Waals surface area contributed by atoms with Gasteiger partial charge in [-0.25, -0.2) is 0 Å². The minimum atomic E-state index is 0.590. The number of ether oxygens (including phenoxy) is 1. The molecule has 2 aromatic carbocycles. The molecule has 1 N–H and O–H groups in total. The molecule has 4 heteroatoms. The molecule has 0 saturated carbocycles. The molecule has 3 rings (SSSR count). The molecule has 0 fully saturated rings. The zero-order valence-corrected chi connectivity index (χ0v) is 12.8. The normalized spacial score (nSPS) is 13.9. The molecule has 0 saturated heterocycles. The second-order valence-electron chi connectivity index (χ2n) is 5.40. The first kappa shape index (κ1) is 14.4. The molecule has 0 atom stereocenters. The van der Waals surface area contributed by atoms with Crippen molar-refractivity contribution in [2.75, 3.05) is 20.1 Å². The lowest BCUT2D eigenvalue weighted by Gasteiger charge is -2.15. The number of nitrogens with one attached hydrogen (secondary N) is 1. The maximum Gasteiger partial charge on any atom is 0.194 e. The van der Waals surface area contributed by atoms with E-state index in [0.29, 0.717) is 6.61 Å². The monoisotopic (exact) mass is 295 g/mol. The molecule has 0 radical (unpaired) electrons. The highest BCUT2D eigenvalue weighted by atomic mass is 16.5. The topological polar surface area (TPSA) is 36.9 Å². The van der Waals surface area contributed by atoms with E-state index in [1.54, 1.807) is 0 Å². The van der Waals surface area contributed by atoms with Gasteiger partial charge in [0.25, 0.3) is 0 Å². The van der Waals surface area contributed by atoms with Crippen molar-refractivity contribution in [2.24, 2.45) is 4.99 Å². The molecule has 1 aliphatic heterocycles. The van der Waals surface area contributed by atoms with Crippen LogP contribution in [0.2, 0.25) is 0 Å². The zero-order chi connectivity index (χ0) is 15.2. The summed E-state index contributed by atoms with van der Waals surface area (Å²) in [5, 5.41) is 3.37. The first-order chi connectivity index (χ1) is 10.8. The van der Waals surface area contributed by atoms with E-state index in [0.717, 1.165) is 31.3 Å². The highest BCUT2D eigenvalue weighted by Crippen LogP contribution is 2.12. The average molecular weight is 295 g/mol. The van der Waals surface area contributed by atoms with Gasteiger partial charge in [0.1, 0.15) is 12.4 Å². The number of guanidine groups is 1. The molecule has 0 amide bonds. The Morgan fingerprint density at radius 3 is 2.45 bits per heavy atom. The Morgan fingerprint density at radius 1 is 1.05 bits per heavy atom. The van der Waals surface area contributed by atoms with Gasteiger partial charge in [0, 0.05) is 20.1 Å². The van der Waals surface area contributed by atoms with Gasteiger partial charge in [-0.1, -0.05) is 42.5 Å². The van der Waals surface area contributed by atoms with E-state index >= 15 is 0 Å². The molecular formula is C18H21N3O. The third-order valence-electron chi connectivity index (χ3n) is 3.68. The Balaban J connectivity index is 1.50. The van der Waals surface area contributed by atoms with Crippen LogP contribution in [-0.2, 0) is 13.2 Å². The van der Waals surface area contributed by atoms with Crippen molar-refractivity contribution >= 4 is 5.96 Å². The summed E-state index contributed by atoms with van der Waals surface area (Å²) in [4.78, 5) is 6.56. The van der Waals surface area contributed by atoms with Crippen LogP contribution in [0.1, 0.15) is 11.1 Å². The first-order valence-electron chi connectivity index (χ1n) is 7.56. The molecule has 4 nitrogen and oxygen atoms in total. The predicted octanol–water partition coefficient (Wildman–Crippen LogP) is 2.66. The smallest absolute Gasteiger partial charge is 0.194 e. The van der Waals surface area contributed by atoms with Crippen LogP contribution in [0.5, 0.6) is 5.75 Å². The van der Waals surface area contributed by atoms with Gasteiger partial charge in [-0.2, -0.15) is 0 Å². The molecule has 0 bridgehead atoms. The van der Waals surface area contributed by atoms with Gasteiger partial charge in [0.05, 0.1) is 6.54 Å². The van der Waals surface area contributed by atoms with E-state index in [1.165, 1.54) is 11.1 Å². The lowest BCUT2D eigenvalue weighted by molar-refractivity contribution is 0.306. The molecule has 0 spiro atoms. The highest BCUT2D eigenvalue weighted by Gasteiger charge is 2.11. The third-order valence-corrected chi connectivity index (χ3v) is 3.68. The van der Waals surface area contributed by atoms with Gasteiger partial charge in [-0.05, 0) is 23.3 Å². The van der Waals surface area contributed by atoms with Crippen molar-refractivity contribution in [2.45, 2.75) is 13.2 Å².